The van der Waals surface area contributed by atoms with Gasteiger partial charge in [0.2, 0.25) is 11.7 Å². The Labute approximate surface area is 117 Å². The molecule has 0 radical (unpaired) electrons. The molecule has 0 spiro atoms. The van der Waals surface area contributed by atoms with Crippen molar-refractivity contribution in [2.75, 3.05) is 26.2 Å². The lowest BCUT2D eigenvalue weighted by molar-refractivity contribution is 0.0703. The van der Waals surface area contributed by atoms with Crippen LogP contribution >= 0.6 is 0 Å². The Morgan fingerprint density at radius 2 is 1.95 bits per heavy atom. The zero-order chi connectivity index (χ0) is 13.9. The highest BCUT2D eigenvalue weighted by atomic mass is 16.4. The molecule has 1 aliphatic rings. The molecule has 1 saturated heterocycles. The largest absolute Gasteiger partial charge is 0.431 e. The van der Waals surface area contributed by atoms with Gasteiger partial charge in [-0.05, 0) is 19.1 Å². The van der Waals surface area contributed by atoms with E-state index in [1.165, 1.54) is 0 Å². The number of benzene rings is 1. The van der Waals surface area contributed by atoms with Crippen molar-refractivity contribution in [1.29, 1.82) is 0 Å². The molecule has 1 aromatic carbocycles. The Morgan fingerprint density at radius 3 is 2.65 bits per heavy atom. The lowest BCUT2D eigenvalue weighted by atomic mass is 10.2. The molecular formula is C15H17N3O2. The zero-order valence-electron chi connectivity index (χ0n) is 11.4. The molecule has 0 unspecified atom stereocenters. The first-order chi connectivity index (χ1) is 9.75. The van der Waals surface area contributed by atoms with Crippen molar-refractivity contribution < 1.29 is 9.21 Å². The number of aryl methyl sites for hydroxylation is 1. The summed E-state index contributed by atoms with van der Waals surface area (Å²) in [5, 5.41) is 3.23. The average molecular weight is 271 g/mol. The fraction of sp³-hybridized carbons (Fsp3) is 0.333. The Bertz CT molecular complexity index is 601. The Balaban J connectivity index is 1.87. The second-order valence-electron chi connectivity index (χ2n) is 4.84. The number of amides is 1. The number of carbonyl (C=O) groups excluding carboxylic acids is 1. The molecule has 2 aromatic rings. The fourth-order valence-electron chi connectivity index (χ4n) is 2.31. The predicted molar refractivity (Wildman–Crippen MR) is 75.4 cm³/mol. The van der Waals surface area contributed by atoms with Gasteiger partial charge in [-0.15, -0.1) is 0 Å². The van der Waals surface area contributed by atoms with Crippen LogP contribution in [0.2, 0.25) is 0 Å². The Hall–Kier alpha value is -2.14. The fourth-order valence-corrected chi connectivity index (χ4v) is 2.31. The number of hydrogen-bond donors (Lipinski definition) is 1. The van der Waals surface area contributed by atoms with Crippen molar-refractivity contribution in [3.8, 4) is 11.5 Å². The third-order valence-corrected chi connectivity index (χ3v) is 3.42. The number of piperazine rings is 1. The van der Waals surface area contributed by atoms with Crippen LogP contribution in [0.25, 0.3) is 11.5 Å². The number of carbonyl (C=O) groups is 1. The van der Waals surface area contributed by atoms with E-state index in [-0.39, 0.29) is 5.91 Å². The van der Waals surface area contributed by atoms with E-state index in [9.17, 15) is 4.79 Å². The highest BCUT2D eigenvalue weighted by molar-refractivity contribution is 5.93. The predicted octanol–water partition coefficient (Wildman–Crippen LogP) is 1.70. The second-order valence-corrected chi connectivity index (χ2v) is 4.84. The van der Waals surface area contributed by atoms with Crippen LogP contribution in [-0.4, -0.2) is 42.0 Å². The van der Waals surface area contributed by atoms with Crippen LogP contribution in [0.15, 0.2) is 34.7 Å². The van der Waals surface area contributed by atoms with Crippen molar-refractivity contribution in [3.05, 3.63) is 41.8 Å². The van der Waals surface area contributed by atoms with Crippen LogP contribution in [0.3, 0.4) is 0 Å². The summed E-state index contributed by atoms with van der Waals surface area (Å²) >= 11 is 0. The summed E-state index contributed by atoms with van der Waals surface area (Å²) in [5.74, 6) is 0.783. The quantitative estimate of drug-likeness (QED) is 0.903. The van der Waals surface area contributed by atoms with Gasteiger partial charge >= 0.3 is 0 Å². The number of oxazole rings is 1. The van der Waals surface area contributed by atoms with Gasteiger partial charge < -0.3 is 14.6 Å². The van der Waals surface area contributed by atoms with Crippen LogP contribution < -0.4 is 5.32 Å². The number of nitrogens with zero attached hydrogens (tertiary/aromatic N) is 2. The van der Waals surface area contributed by atoms with Gasteiger partial charge in [-0.2, -0.15) is 0 Å². The lowest BCUT2D eigenvalue weighted by Gasteiger charge is -2.26. The van der Waals surface area contributed by atoms with Gasteiger partial charge in [-0.1, -0.05) is 18.2 Å². The van der Waals surface area contributed by atoms with E-state index in [4.69, 9.17) is 4.42 Å². The first kappa shape index (κ1) is 12.9. The van der Waals surface area contributed by atoms with Crippen molar-refractivity contribution in [2.45, 2.75) is 6.92 Å². The van der Waals surface area contributed by atoms with Crippen molar-refractivity contribution in [2.24, 2.45) is 0 Å². The summed E-state index contributed by atoms with van der Waals surface area (Å²) in [6, 6.07) is 9.63. The first-order valence-corrected chi connectivity index (χ1v) is 6.78. The van der Waals surface area contributed by atoms with Crippen LogP contribution in [0.4, 0.5) is 0 Å². The third-order valence-electron chi connectivity index (χ3n) is 3.42. The standard InChI is InChI=1S/C15H17N3O2/c1-11-13(15(19)18-9-7-16-8-10-18)20-14(17-11)12-5-3-2-4-6-12/h2-6,16H,7-10H2,1H3. The number of aromatic nitrogens is 1. The summed E-state index contributed by atoms with van der Waals surface area (Å²) in [5.41, 5.74) is 1.53. The van der Waals surface area contributed by atoms with Crippen LogP contribution in [0.1, 0.15) is 16.2 Å². The average Bonchev–Trinajstić information content (AvgIpc) is 2.90. The monoisotopic (exact) mass is 271 g/mol. The van der Waals surface area contributed by atoms with Crippen LogP contribution in [0.5, 0.6) is 0 Å². The van der Waals surface area contributed by atoms with E-state index >= 15 is 0 Å². The van der Waals surface area contributed by atoms with Gasteiger partial charge in [0.1, 0.15) is 0 Å². The summed E-state index contributed by atoms with van der Waals surface area (Å²) in [4.78, 5) is 18.6. The molecule has 104 valence electrons. The molecule has 0 bridgehead atoms. The van der Waals surface area contributed by atoms with E-state index < -0.39 is 0 Å². The molecule has 20 heavy (non-hydrogen) atoms. The maximum absolute atomic E-state index is 12.4. The van der Waals surface area contributed by atoms with Gasteiger partial charge in [0.15, 0.2) is 0 Å². The number of hydrogen-bond acceptors (Lipinski definition) is 4. The molecular weight excluding hydrogens is 254 g/mol. The lowest BCUT2D eigenvalue weighted by Crippen LogP contribution is -2.46. The molecule has 1 amide bonds. The van der Waals surface area contributed by atoms with Crippen molar-refractivity contribution >= 4 is 5.91 Å². The minimum Gasteiger partial charge on any atom is -0.431 e. The van der Waals surface area contributed by atoms with Crippen molar-refractivity contribution in [1.82, 2.24) is 15.2 Å². The van der Waals surface area contributed by atoms with Gasteiger partial charge in [-0.25, -0.2) is 4.98 Å². The number of rotatable bonds is 2. The molecule has 5 heteroatoms. The minimum absolute atomic E-state index is 0.0707. The van der Waals surface area contributed by atoms with Crippen LogP contribution in [-0.2, 0) is 0 Å². The summed E-state index contributed by atoms with van der Waals surface area (Å²) in [6.07, 6.45) is 0. The highest BCUT2D eigenvalue weighted by Gasteiger charge is 2.24. The normalized spacial score (nSPS) is 15.3. The highest BCUT2D eigenvalue weighted by Crippen LogP contribution is 2.22. The van der Waals surface area contributed by atoms with Gasteiger partial charge in [0.05, 0.1) is 5.69 Å². The molecule has 1 fully saturated rings. The smallest absolute Gasteiger partial charge is 0.291 e. The molecule has 1 aromatic heterocycles. The SMILES string of the molecule is Cc1nc(-c2ccccc2)oc1C(=O)N1CCNCC1. The minimum atomic E-state index is -0.0707. The third kappa shape index (κ3) is 2.44. The van der Waals surface area contributed by atoms with E-state index in [0.29, 0.717) is 30.4 Å². The molecule has 5 nitrogen and oxygen atoms in total. The molecule has 0 atom stereocenters. The van der Waals surface area contributed by atoms with Gasteiger partial charge in [0.25, 0.3) is 5.91 Å². The summed E-state index contributed by atoms with van der Waals surface area (Å²) < 4.78 is 5.69. The van der Waals surface area contributed by atoms with E-state index in [1.54, 1.807) is 4.90 Å². The van der Waals surface area contributed by atoms with Crippen molar-refractivity contribution in [3.63, 3.8) is 0 Å². The topological polar surface area (TPSA) is 58.4 Å². The molecule has 1 N–H and O–H groups in total. The summed E-state index contributed by atoms with van der Waals surface area (Å²) in [6.45, 7) is 4.87. The first-order valence-electron chi connectivity index (χ1n) is 6.78. The Morgan fingerprint density at radius 1 is 1.25 bits per heavy atom. The van der Waals surface area contributed by atoms with Crippen LogP contribution in [0, 0.1) is 6.92 Å². The molecule has 3 rings (SSSR count). The summed E-state index contributed by atoms with van der Waals surface area (Å²) in [7, 11) is 0. The second kappa shape index (κ2) is 5.46. The van der Waals surface area contributed by atoms with Gasteiger partial charge in [-0.3, -0.25) is 4.79 Å². The van der Waals surface area contributed by atoms with E-state index in [1.807, 2.05) is 37.3 Å². The van der Waals surface area contributed by atoms with Gasteiger partial charge in [0, 0.05) is 31.7 Å². The molecule has 0 aliphatic carbocycles. The molecule has 1 aliphatic heterocycles. The maximum atomic E-state index is 12.4. The molecule has 2 heterocycles. The van der Waals surface area contributed by atoms with E-state index in [2.05, 4.69) is 10.3 Å². The maximum Gasteiger partial charge on any atom is 0.291 e. The molecule has 0 saturated carbocycles. The van der Waals surface area contributed by atoms with E-state index in [0.717, 1.165) is 18.7 Å². The number of nitrogens with one attached hydrogen (secondary N) is 1. The Kier molecular flexibility index (Phi) is 3.52. The zero-order valence-corrected chi connectivity index (χ0v) is 11.4.